The van der Waals surface area contributed by atoms with Gasteiger partial charge in [-0.25, -0.2) is 4.79 Å². The molecule has 0 unspecified atom stereocenters. The van der Waals surface area contributed by atoms with Crippen molar-refractivity contribution in [3.05, 3.63) is 76.9 Å². The number of hydrogen-bond acceptors (Lipinski definition) is 5. The first-order chi connectivity index (χ1) is 12.6. The molecule has 2 aromatic carbocycles. The monoisotopic (exact) mass is 348 g/mol. The summed E-state index contributed by atoms with van der Waals surface area (Å²) in [6.07, 6.45) is 5.28. The third-order valence-corrected chi connectivity index (χ3v) is 5.29. The third kappa shape index (κ3) is 2.65. The average molecular weight is 348 g/mol. The van der Waals surface area contributed by atoms with Crippen molar-refractivity contribution in [2.75, 3.05) is 12.4 Å². The Labute approximate surface area is 151 Å². The molecule has 0 radical (unpaired) electrons. The van der Waals surface area contributed by atoms with Crippen LogP contribution < -0.4 is 10.4 Å². The highest BCUT2D eigenvalue weighted by Gasteiger charge is 2.38. The van der Waals surface area contributed by atoms with Crippen molar-refractivity contribution in [2.45, 2.75) is 18.4 Å². The number of fused-ring (bicyclic) bond motifs is 3. The summed E-state index contributed by atoms with van der Waals surface area (Å²) >= 11 is 0. The molecule has 1 aliphatic carbocycles. The second-order valence-electron chi connectivity index (χ2n) is 6.68. The van der Waals surface area contributed by atoms with Crippen LogP contribution in [0.1, 0.15) is 50.2 Å². The Hall–Kier alpha value is -3.08. The van der Waals surface area contributed by atoms with Crippen molar-refractivity contribution in [2.24, 2.45) is 5.92 Å². The maximum absolute atomic E-state index is 11.9. The SMILES string of the molecule is COC(=O)c1ccc2c(c1)[C@@H]1C=CC[C@H]1[C@H](c1ccc(C(=O)[O-])cc1)N2. The van der Waals surface area contributed by atoms with E-state index in [1.54, 1.807) is 18.2 Å². The first kappa shape index (κ1) is 16.4. The van der Waals surface area contributed by atoms with E-state index in [2.05, 4.69) is 17.5 Å². The van der Waals surface area contributed by atoms with Gasteiger partial charge in [-0.1, -0.05) is 36.4 Å². The summed E-state index contributed by atoms with van der Waals surface area (Å²) in [5.74, 6) is -0.994. The van der Waals surface area contributed by atoms with Crippen molar-refractivity contribution in [1.82, 2.24) is 0 Å². The van der Waals surface area contributed by atoms with Gasteiger partial charge in [0, 0.05) is 11.6 Å². The molecular formula is C21H18NO4-. The molecular weight excluding hydrogens is 330 g/mol. The van der Waals surface area contributed by atoms with Gasteiger partial charge >= 0.3 is 5.97 Å². The normalized spacial score (nSPS) is 22.9. The van der Waals surface area contributed by atoms with Crippen LogP contribution in [0.2, 0.25) is 0 Å². The summed E-state index contributed by atoms with van der Waals surface area (Å²) in [5.41, 5.74) is 3.84. The number of ether oxygens (including phenoxy) is 1. The van der Waals surface area contributed by atoms with Gasteiger partial charge < -0.3 is 20.0 Å². The molecule has 0 saturated carbocycles. The number of carboxylic acids is 1. The van der Waals surface area contributed by atoms with E-state index in [-0.39, 0.29) is 23.5 Å². The Morgan fingerprint density at radius 3 is 2.54 bits per heavy atom. The van der Waals surface area contributed by atoms with Crippen LogP contribution in [-0.4, -0.2) is 19.0 Å². The molecule has 0 fully saturated rings. The molecule has 5 nitrogen and oxygen atoms in total. The summed E-state index contributed by atoms with van der Waals surface area (Å²) in [6.45, 7) is 0. The van der Waals surface area contributed by atoms with E-state index >= 15 is 0 Å². The fourth-order valence-electron chi connectivity index (χ4n) is 4.00. The molecule has 0 bridgehead atoms. The Morgan fingerprint density at radius 2 is 1.85 bits per heavy atom. The molecule has 1 aliphatic heterocycles. The van der Waals surface area contributed by atoms with Crippen LogP contribution in [0, 0.1) is 5.92 Å². The van der Waals surface area contributed by atoms with Gasteiger partial charge in [0.1, 0.15) is 0 Å². The molecule has 2 aromatic rings. The molecule has 2 aliphatic rings. The fourth-order valence-corrected chi connectivity index (χ4v) is 4.00. The largest absolute Gasteiger partial charge is 0.545 e. The minimum Gasteiger partial charge on any atom is -0.545 e. The van der Waals surface area contributed by atoms with Gasteiger partial charge in [-0.15, -0.1) is 0 Å². The van der Waals surface area contributed by atoms with Crippen LogP contribution in [0.4, 0.5) is 5.69 Å². The number of carbonyl (C=O) groups excluding carboxylic acids is 2. The number of nitrogens with one attached hydrogen (secondary N) is 1. The number of aromatic carboxylic acids is 1. The lowest BCUT2D eigenvalue weighted by Gasteiger charge is -2.37. The summed E-state index contributed by atoms with van der Waals surface area (Å²) < 4.78 is 4.83. The number of carbonyl (C=O) groups is 2. The molecule has 0 saturated heterocycles. The number of methoxy groups -OCH3 is 1. The Bertz CT molecular complexity index is 901. The van der Waals surface area contributed by atoms with Crippen molar-refractivity contribution in [3.63, 3.8) is 0 Å². The summed E-state index contributed by atoms with van der Waals surface area (Å²) in [4.78, 5) is 22.8. The van der Waals surface area contributed by atoms with Gasteiger partial charge in [-0.3, -0.25) is 0 Å². The van der Waals surface area contributed by atoms with E-state index in [1.165, 1.54) is 7.11 Å². The third-order valence-electron chi connectivity index (χ3n) is 5.29. The first-order valence-electron chi connectivity index (χ1n) is 8.55. The number of esters is 1. The van der Waals surface area contributed by atoms with Gasteiger partial charge in [-0.05, 0) is 47.2 Å². The van der Waals surface area contributed by atoms with Crippen LogP contribution >= 0.6 is 0 Å². The number of hydrogen-bond donors (Lipinski definition) is 1. The highest BCUT2D eigenvalue weighted by atomic mass is 16.5. The number of carboxylic acid groups (broad SMARTS) is 1. The number of benzene rings is 2. The zero-order chi connectivity index (χ0) is 18.3. The summed E-state index contributed by atoms with van der Waals surface area (Å²) in [5, 5.41) is 14.5. The predicted octanol–water partition coefficient (Wildman–Crippen LogP) is 2.66. The van der Waals surface area contributed by atoms with Gasteiger partial charge in [0.05, 0.1) is 24.7 Å². The van der Waals surface area contributed by atoms with Gasteiger partial charge in [-0.2, -0.15) is 0 Å². The molecule has 26 heavy (non-hydrogen) atoms. The number of anilines is 1. The Balaban J connectivity index is 1.71. The van der Waals surface area contributed by atoms with E-state index in [1.807, 2.05) is 24.3 Å². The van der Waals surface area contributed by atoms with Gasteiger partial charge in [0.15, 0.2) is 0 Å². The molecule has 0 aromatic heterocycles. The van der Waals surface area contributed by atoms with E-state index in [4.69, 9.17) is 4.74 Å². The lowest BCUT2D eigenvalue weighted by molar-refractivity contribution is -0.255. The zero-order valence-corrected chi connectivity index (χ0v) is 14.3. The van der Waals surface area contributed by atoms with Crippen LogP contribution in [0.3, 0.4) is 0 Å². The Morgan fingerprint density at radius 1 is 1.12 bits per heavy atom. The molecule has 132 valence electrons. The first-order valence-corrected chi connectivity index (χ1v) is 8.55. The van der Waals surface area contributed by atoms with Gasteiger partial charge in [0.25, 0.3) is 0 Å². The average Bonchev–Trinajstić information content (AvgIpc) is 3.16. The second kappa shape index (κ2) is 6.33. The fraction of sp³-hybridized carbons (Fsp3) is 0.238. The Kier molecular flexibility index (Phi) is 3.99. The van der Waals surface area contributed by atoms with Gasteiger partial charge in [0.2, 0.25) is 0 Å². The molecule has 1 N–H and O–H groups in total. The maximum Gasteiger partial charge on any atom is 0.337 e. The lowest BCUT2D eigenvalue weighted by atomic mass is 9.76. The minimum absolute atomic E-state index is 0.0716. The van der Waals surface area contributed by atoms with E-state index in [9.17, 15) is 14.7 Å². The van der Waals surface area contributed by atoms with Crippen LogP contribution in [0.5, 0.6) is 0 Å². The maximum atomic E-state index is 11.9. The van der Waals surface area contributed by atoms with E-state index in [0.717, 1.165) is 23.2 Å². The molecule has 0 spiro atoms. The molecule has 5 heteroatoms. The zero-order valence-electron chi connectivity index (χ0n) is 14.3. The quantitative estimate of drug-likeness (QED) is 0.681. The van der Waals surface area contributed by atoms with Crippen LogP contribution in [0.25, 0.3) is 0 Å². The summed E-state index contributed by atoms with van der Waals surface area (Å²) in [7, 11) is 1.38. The van der Waals surface area contributed by atoms with Crippen molar-refractivity contribution < 1.29 is 19.4 Å². The number of allylic oxidation sites excluding steroid dienone is 2. The second-order valence-corrected chi connectivity index (χ2v) is 6.68. The topological polar surface area (TPSA) is 78.5 Å². The molecule has 4 rings (SSSR count). The molecule has 3 atom stereocenters. The summed E-state index contributed by atoms with van der Waals surface area (Å²) in [6, 6.07) is 12.5. The standard InChI is InChI=1S/C21H19NO4/c1-26-21(25)14-9-10-18-17(11-14)15-3-2-4-16(15)19(22-18)12-5-7-13(8-6-12)20(23)24/h2-3,5-11,15-16,19,22H,4H2,1H3,(H,23,24)/p-1/t15-,16-,19+/m1/s1. The highest BCUT2D eigenvalue weighted by Crippen LogP contribution is 2.49. The minimum atomic E-state index is -1.17. The van der Waals surface area contributed by atoms with Crippen molar-refractivity contribution in [1.29, 1.82) is 0 Å². The van der Waals surface area contributed by atoms with E-state index in [0.29, 0.717) is 11.5 Å². The van der Waals surface area contributed by atoms with Crippen molar-refractivity contribution in [3.8, 4) is 0 Å². The van der Waals surface area contributed by atoms with Crippen LogP contribution in [0.15, 0.2) is 54.6 Å². The highest BCUT2D eigenvalue weighted by molar-refractivity contribution is 5.90. The van der Waals surface area contributed by atoms with Crippen molar-refractivity contribution >= 4 is 17.6 Å². The lowest BCUT2D eigenvalue weighted by Crippen LogP contribution is -2.29. The number of rotatable bonds is 3. The smallest absolute Gasteiger partial charge is 0.337 e. The predicted molar refractivity (Wildman–Crippen MR) is 94.9 cm³/mol. The molecule has 0 amide bonds. The van der Waals surface area contributed by atoms with Crippen LogP contribution in [-0.2, 0) is 4.74 Å². The molecule has 1 heterocycles. The van der Waals surface area contributed by atoms with E-state index < -0.39 is 5.97 Å².